The summed E-state index contributed by atoms with van der Waals surface area (Å²) in [7, 11) is 0. The van der Waals surface area contributed by atoms with Crippen molar-refractivity contribution in [1.29, 1.82) is 0 Å². The third kappa shape index (κ3) is 2.60. The third-order valence-corrected chi connectivity index (χ3v) is 1.86. The highest BCUT2D eigenvalue weighted by Gasteiger charge is 2.06. The molecule has 2 aromatic heterocycles. The highest BCUT2D eigenvalue weighted by molar-refractivity contribution is 5.70. The van der Waals surface area contributed by atoms with E-state index in [1.54, 1.807) is 18.3 Å². The van der Waals surface area contributed by atoms with Crippen LogP contribution in [0.15, 0.2) is 31.5 Å². The van der Waals surface area contributed by atoms with Gasteiger partial charge in [-0.05, 0) is 0 Å². The average molecular weight is 232 g/mol. The molecule has 17 heavy (non-hydrogen) atoms. The van der Waals surface area contributed by atoms with Crippen LogP contribution in [0.2, 0.25) is 0 Å². The molecule has 2 heterocycles. The third-order valence-electron chi connectivity index (χ3n) is 1.86. The van der Waals surface area contributed by atoms with Crippen molar-refractivity contribution < 1.29 is 9.47 Å². The van der Waals surface area contributed by atoms with E-state index in [1.165, 1.54) is 0 Å². The van der Waals surface area contributed by atoms with Crippen molar-refractivity contribution in [2.45, 2.75) is 0 Å². The number of aromatic nitrogens is 4. The van der Waals surface area contributed by atoms with Gasteiger partial charge < -0.3 is 14.5 Å². The van der Waals surface area contributed by atoms with Gasteiger partial charge in [0.15, 0.2) is 5.65 Å². The Morgan fingerprint density at radius 2 is 1.94 bits per heavy atom. The predicted molar refractivity (Wildman–Crippen MR) is 63.1 cm³/mol. The smallest absolute Gasteiger partial charge is 0.318 e. The Labute approximate surface area is 98.0 Å². The number of hydrogen-bond donors (Lipinski definition) is 1. The largest absolute Gasteiger partial charge is 0.461 e. The Morgan fingerprint density at radius 1 is 1.18 bits per heavy atom. The lowest BCUT2D eigenvalue weighted by molar-refractivity contribution is 0.334. The van der Waals surface area contributed by atoms with Crippen LogP contribution in [0.5, 0.6) is 12.0 Å². The standard InChI is InChI=1S/C11H12N4O2/c1-3-5-16-10-12-7-8-9(14-10)15-11(13-8)17-6-4-2/h3-4,7H,1-2,5-6H2,(H,12,13,14,15). The molecular weight excluding hydrogens is 220 g/mol. The first-order chi connectivity index (χ1) is 8.33. The lowest BCUT2D eigenvalue weighted by atomic mass is 10.6. The molecule has 0 atom stereocenters. The van der Waals surface area contributed by atoms with Crippen molar-refractivity contribution >= 4 is 11.2 Å². The average Bonchev–Trinajstić information content (AvgIpc) is 2.75. The van der Waals surface area contributed by atoms with Crippen molar-refractivity contribution in [3.8, 4) is 12.0 Å². The number of hydrogen-bond acceptors (Lipinski definition) is 5. The zero-order chi connectivity index (χ0) is 12.1. The molecular formula is C11H12N4O2. The van der Waals surface area contributed by atoms with E-state index in [2.05, 4.69) is 33.1 Å². The summed E-state index contributed by atoms with van der Waals surface area (Å²) in [6.45, 7) is 7.84. The summed E-state index contributed by atoms with van der Waals surface area (Å²) in [6, 6.07) is 0.647. The van der Waals surface area contributed by atoms with Gasteiger partial charge >= 0.3 is 6.01 Å². The molecule has 0 radical (unpaired) electrons. The van der Waals surface area contributed by atoms with Crippen LogP contribution < -0.4 is 9.47 Å². The number of aromatic amines is 1. The molecule has 2 rings (SSSR count). The quantitative estimate of drug-likeness (QED) is 0.764. The summed E-state index contributed by atoms with van der Waals surface area (Å²) in [4.78, 5) is 15.2. The van der Waals surface area contributed by atoms with Crippen LogP contribution in [0.25, 0.3) is 11.2 Å². The minimum absolute atomic E-state index is 0.263. The van der Waals surface area contributed by atoms with E-state index >= 15 is 0 Å². The second-order valence-electron chi connectivity index (χ2n) is 3.13. The fourth-order valence-corrected chi connectivity index (χ4v) is 1.18. The maximum atomic E-state index is 5.25. The number of nitrogens with zero attached hydrogens (tertiary/aromatic N) is 3. The van der Waals surface area contributed by atoms with Gasteiger partial charge in [0.1, 0.15) is 18.7 Å². The highest BCUT2D eigenvalue weighted by Crippen LogP contribution is 2.15. The molecule has 0 saturated heterocycles. The predicted octanol–water partition coefficient (Wildman–Crippen LogP) is 1.48. The monoisotopic (exact) mass is 232 g/mol. The van der Waals surface area contributed by atoms with E-state index in [-0.39, 0.29) is 6.01 Å². The maximum absolute atomic E-state index is 5.25. The Hall–Kier alpha value is -2.37. The molecule has 2 aromatic rings. The number of imidazole rings is 1. The first-order valence-electron chi connectivity index (χ1n) is 5.03. The molecule has 0 unspecified atom stereocenters. The highest BCUT2D eigenvalue weighted by atomic mass is 16.5. The van der Waals surface area contributed by atoms with E-state index in [0.717, 1.165) is 0 Å². The molecule has 0 saturated carbocycles. The summed E-state index contributed by atoms with van der Waals surface area (Å²) >= 11 is 0. The Balaban J connectivity index is 2.21. The zero-order valence-corrected chi connectivity index (χ0v) is 9.22. The van der Waals surface area contributed by atoms with Crippen LogP contribution in [-0.4, -0.2) is 33.1 Å². The van der Waals surface area contributed by atoms with E-state index in [1.807, 2.05) is 0 Å². The van der Waals surface area contributed by atoms with E-state index in [4.69, 9.17) is 9.47 Å². The lowest BCUT2D eigenvalue weighted by Crippen LogP contribution is -1.97. The second kappa shape index (κ2) is 5.11. The first-order valence-corrected chi connectivity index (χ1v) is 5.03. The van der Waals surface area contributed by atoms with Crippen molar-refractivity contribution in [3.05, 3.63) is 31.5 Å². The van der Waals surface area contributed by atoms with Gasteiger partial charge in [-0.3, -0.25) is 0 Å². The lowest BCUT2D eigenvalue weighted by Gasteiger charge is -1.98. The van der Waals surface area contributed by atoms with Crippen LogP contribution in [0.3, 0.4) is 0 Å². The maximum Gasteiger partial charge on any atom is 0.318 e. The molecule has 0 fully saturated rings. The number of fused-ring (bicyclic) bond motifs is 1. The van der Waals surface area contributed by atoms with E-state index in [0.29, 0.717) is 30.4 Å². The molecule has 1 N–H and O–H groups in total. The fraction of sp³-hybridized carbons (Fsp3) is 0.182. The number of ether oxygens (including phenoxy) is 2. The van der Waals surface area contributed by atoms with Gasteiger partial charge in [-0.2, -0.15) is 9.97 Å². The second-order valence-corrected chi connectivity index (χ2v) is 3.13. The molecule has 88 valence electrons. The van der Waals surface area contributed by atoms with E-state index < -0.39 is 0 Å². The topological polar surface area (TPSA) is 72.9 Å². The Bertz CT molecular complexity index is 525. The molecule has 0 aliphatic rings. The number of rotatable bonds is 6. The SMILES string of the molecule is C=CCOc1ncc2[nH]c(OCC=C)nc2n1. The zero-order valence-electron chi connectivity index (χ0n) is 9.22. The van der Waals surface area contributed by atoms with Crippen LogP contribution in [0.4, 0.5) is 0 Å². The minimum atomic E-state index is 0.263. The number of H-pyrrole nitrogens is 1. The molecule has 6 nitrogen and oxygen atoms in total. The van der Waals surface area contributed by atoms with Gasteiger partial charge in [0.05, 0.1) is 6.20 Å². The Morgan fingerprint density at radius 3 is 2.71 bits per heavy atom. The normalized spacial score (nSPS) is 10.1. The Kier molecular flexibility index (Phi) is 3.34. The molecule has 6 heteroatoms. The molecule has 0 aliphatic heterocycles. The molecule has 0 bridgehead atoms. The summed E-state index contributed by atoms with van der Waals surface area (Å²) in [5.74, 6) is 0. The molecule has 0 spiro atoms. The molecule has 0 aromatic carbocycles. The van der Waals surface area contributed by atoms with Crippen molar-refractivity contribution in [1.82, 2.24) is 19.9 Å². The summed E-state index contributed by atoms with van der Waals surface area (Å²) in [6.07, 6.45) is 4.85. The van der Waals surface area contributed by atoms with Gasteiger partial charge in [-0.15, -0.1) is 0 Å². The van der Waals surface area contributed by atoms with Crippen molar-refractivity contribution in [3.63, 3.8) is 0 Å². The summed E-state index contributed by atoms with van der Waals surface area (Å²) < 4.78 is 10.5. The van der Waals surface area contributed by atoms with Crippen LogP contribution in [0, 0.1) is 0 Å². The van der Waals surface area contributed by atoms with Gasteiger partial charge in [0.25, 0.3) is 6.01 Å². The van der Waals surface area contributed by atoms with Crippen LogP contribution >= 0.6 is 0 Å². The number of nitrogens with one attached hydrogen (secondary N) is 1. The minimum Gasteiger partial charge on any atom is -0.461 e. The van der Waals surface area contributed by atoms with Gasteiger partial charge in [-0.1, -0.05) is 25.3 Å². The fourth-order valence-electron chi connectivity index (χ4n) is 1.18. The van der Waals surface area contributed by atoms with Gasteiger partial charge in [0.2, 0.25) is 0 Å². The van der Waals surface area contributed by atoms with Crippen LogP contribution in [-0.2, 0) is 0 Å². The summed E-state index contributed by atoms with van der Waals surface area (Å²) in [5.41, 5.74) is 1.19. The summed E-state index contributed by atoms with van der Waals surface area (Å²) in [5, 5.41) is 0. The molecule has 0 amide bonds. The van der Waals surface area contributed by atoms with E-state index in [9.17, 15) is 0 Å². The molecule has 0 aliphatic carbocycles. The first kappa shape index (κ1) is 11.1. The van der Waals surface area contributed by atoms with Crippen molar-refractivity contribution in [2.75, 3.05) is 13.2 Å². The van der Waals surface area contributed by atoms with Gasteiger partial charge in [0, 0.05) is 0 Å². The van der Waals surface area contributed by atoms with Crippen molar-refractivity contribution in [2.24, 2.45) is 0 Å². The van der Waals surface area contributed by atoms with Gasteiger partial charge in [-0.25, -0.2) is 4.98 Å². The van der Waals surface area contributed by atoms with Crippen LogP contribution in [0.1, 0.15) is 0 Å².